The van der Waals surface area contributed by atoms with Crippen molar-refractivity contribution in [2.24, 2.45) is 7.05 Å². The Labute approximate surface area is 192 Å². The average Bonchev–Trinajstić information content (AvgIpc) is 3.42. The smallest absolute Gasteiger partial charge is 0.162 e. The van der Waals surface area contributed by atoms with Gasteiger partial charge in [0, 0.05) is 47.8 Å². The van der Waals surface area contributed by atoms with E-state index in [4.69, 9.17) is 24.9 Å². The van der Waals surface area contributed by atoms with Crippen LogP contribution in [0, 0.1) is 6.92 Å². The van der Waals surface area contributed by atoms with Crippen molar-refractivity contribution in [3.05, 3.63) is 47.9 Å². The van der Waals surface area contributed by atoms with Crippen molar-refractivity contribution in [2.45, 2.75) is 32.4 Å². The Kier molecular flexibility index (Phi) is 5.46. The van der Waals surface area contributed by atoms with E-state index in [1.165, 1.54) is 0 Å². The Bertz CT molecular complexity index is 1330. The molecule has 1 aliphatic heterocycles. The Morgan fingerprint density at radius 3 is 2.85 bits per heavy atom. The van der Waals surface area contributed by atoms with E-state index in [1.807, 2.05) is 38.2 Å². The maximum atomic E-state index is 6.34. The Morgan fingerprint density at radius 2 is 2.09 bits per heavy atom. The molecule has 33 heavy (non-hydrogen) atoms. The van der Waals surface area contributed by atoms with Crippen molar-refractivity contribution in [3.63, 3.8) is 0 Å². The maximum Gasteiger partial charge on any atom is 0.162 e. The van der Waals surface area contributed by atoms with Crippen LogP contribution in [0.5, 0.6) is 11.5 Å². The van der Waals surface area contributed by atoms with Crippen LogP contribution in [-0.2, 0) is 11.8 Å². The van der Waals surface area contributed by atoms with Gasteiger partial charge in [-0.2, -0.15) is 0 Å². The third kappa shape index (κ3) is 3.91. The first kappa shape index (κ1) is 21.3. The molecule has 1 saturated heterocycles. The first-order chi connectivity index (χ1) is 15.9. The van der Waals surface area contributed by atoms with Crippen LogP contribution in [0.3, 0.4) is 0 Å². The molecule has 8 nitrogen and oxygen atoms in total. The zero-order chi connectivity index (χ0) is 23.1. The number of hydrogen-bond acceptors (Lipinski definition) is 7. The number of methoxy groups -OCH3 is 1. The van der Waals surface area contributed by atoms with Gasteiger partial charge in [-0.3, -0.25) is 0 Å². The number of aryl methyl sites for hydroxylation is 2. The summed E-state index contributed by atoms with van der Waals surface area (Å²) in [6.45, 7) is 5.29. The quantitative estimate of drug-likeness (QED) is 0.424. The molecule has 0 bridgehead atoms. The lowest BCUT2D eigenvalue weighted by Gasteiger charge is -2.19. The summed E-state index contributed by atoms with van der Waals surface area (Å²) < 4.78 is 19.4. The number of nitrogens with two attached hydrogens (primary N) is 1. The van der Waals surface area contributed by atoms with Gasteiger partial charge < -0.3 is 29.8 Å². The molecule has 5 rings (SSSR count). The van der Waals surface area contributed by atoms with E-state index in [2.05, 4.69) is 34.1 Å². The Morgan fingerprint density at radius 1 is 1.24 bits per heavy atom. The number of anilines is 2. The number of aromatic nitrogens is 3. The summed E-state index contributed by atoms with van der Waals surface area (Å²) in [7, 11) is 3.67. The molecule has 2 aromatic carbocycles. The highest BCUT2D eigenvalue weighted by Gasteiger charge is 2.22. The lowest BCUT2D eigenvalue weighted by atomic mass is 10.1. The van der Waals surface area contributed by atoms with Gasteiger partial charge in [0.2, 0.25) is 0 Å². The van der Waals surface area contributed by atoms with Crippen LogP contribution in [0.25, 0.3) is 21.8 Å². The highest BCUT2D eigenvalue weighted by Crippen LogP contribution is 2.37. The van der Waals surface area contributed by atoms with Crippen molar-refractivity contribution in [1.82, 2.24) is 14.5 Å². The highest BCUT2D eigenvalue weighted by atomic mass is 16.6. The third-order valence-corrected chi connectivity index (χ3v) is 6.17. The van der Waals surface area contributed by atoms with E-state index in [0.29, 0.717) is 30.5 Å². The van der Waals surface area contributed by atoms with Gasteiger partial charge in [-0.1, -0.05) is 6.07 Å². The van der Waals surface area contributed by atoms with Gasteiger partial charge in [-0.05, 0) is 32.0 Å². The molecule has 2 unspecified atom stereocenters. The number of hydrogen-bond donors (Lipinski definition) is 2. The lowest BCUT2D eigenvalue weighted by Crippen LogP contribution is -2.16. The largest absolute Gasteiger partial charge is 0.493 e. The summed E-state index contributed by atoms with van der Waals surface area (Å²) in [5.41, 5.74) is 10.1. The van der Waals surface area contributed by atoms with E-state index < -0.39 is 0 Å². The monoisotopic (exact) mass is 447 g/mol. The summed E-state index contributed by atoms with van der Waals surface area (Å²) in [5.74, 6) is 2.73. The van der Waals surface area contributed by atoms with Crippen LogP contribution in [0.15, 0.2) is 36.5 Å². The first-order valence-corrected chi connectivity index (χ1v) is 11.2. The van der Waals surface area contributed by atoms with Crippen LogP contribution in [0.2, 0.25) is 0 Å². The van der Waals surface area contributed by atoms with Crippen LogP contribution in [0.4, 0.5) is 11.5 Å². The standard InChI is InChI=1S/C25H29N5O3/c1-14(18-12-30(3)21-7-5-6-19(26)24(18)21)27-25-17-10-23(33-16-8-9-32-13-16)22(31-4)11-20(17)28-15(2)29-25/h5-7,10-12,14,16H,8-9,13,26H2,1-4H3,(H,27,28,29). The molecule has 8 heteroatoms. The van der Waals surface area contributed by atoms with Gasteiger partial charge in [-0.25, -0.2) is 9.97 Å². The zero-order valence-corrected chi connectivity index (χ0v) is 19.4. The zero-order valence-electron chi connectivity index (χ0n) is 19.4. The van der Waals surface area contributed by atoms with E-state index in [9.17, 15) is 0 Å². The number of ether oxygens (including phenoxy) is 3. The Hall–Kier alpha value is -3.52. The van der Waals surface area contributed by atoms with Crippen molar-refractivity contribution < 1.29 is 14.2 Å². The Balaban J connectivity index is 1.56. The third-order valence-electron chi connectivity index (χ3n) is 6.17. The van der Waals surface area contributed by atoms with Crippen molar-refractivity contribution in [3.8, 4) is 11.5 Å². The first-order valence-electron chi connectivity index (χ1n) is 11.2. The minimum absolute atomic E-state index is 0.0108. The summed E-state index contributed by atoms with van der Waals surface area (Å²) in [6, 6.07) is 9.82. The molecular weight excluding hydrogens is 418 g/mol. The highest BCUT2D eigenvalue weighted by molar-refractivity contribution is 5.96. The van der Waals surface area contributed by atoms with E-state index in [0.717, 1.165) is 45.3 Å². The van der Waals surface area contributed by atoms with Gasteiger partial charge in [0.1, 0.15) is 17.7 Å². The number of nitrogen functional groups attached to an aromatic ring is 1. The summed E-state index contributed by atoms with van der Waals surface area (Å²) in [5, 5.41) is 5.52. The molecule has 1 aliphatic rings. The molecule has 0 saturated carbocycles. The van der Waals surface area contributed by atoms with Gasteiger partial charge in [0.25, 0.3) is 0 Å². The van der Waals surface area contributed by atoms with Gasteiger partial charge >= 0.3 is 0 Å². The summed E-state index contributed by atoms with van der Waals surface area (Å²) in [6.07, 6.45) is 2.99. The fraction of sp³-hybridized carbons (Fsp3) is 0.360. The molecule has 3 heterocycles. The van der Waals surface area contributed by atoms with Crippen LogP contribution >= 0.6 is 0 Å². The van der Waals surface area contributed by atoms with Crippen LogP contribution < -0.4 is 20.5 Å². The molecule has 2 aromatic heterocycles. The fourth-order valence-electron chi connectivity index (χ4n) is 4.52. The predicted octanol–water partition coefficient (Wildman–Crippen LogP) is 4.36. The normalized spacial score (nSPS) is 16.9. The summed E-state index contributed by atoms with van der Waals surface area (Å²) in [4.78, 5) is 9.35. The topological polar surface area (TPSA) is 96.5 Å². The van der Waals surface area contributed by atoms with E-state index in [1.54, 1.807) is 7.11 Å². The van der Waals surface area contributed by atoms with Gasteiger partial charge in [0.15, 0.2) is 11.5 Å². The van der Waals surface area contributed by atoms with Gasteiger partial charge in [-0.15, -0.1) is 0 Å². The van der Waals surface area contributed by atoms with Crippen LogP contribution in [0.1, 0.15) is 30.8 Å². The van der Waals surface area contributed by atoms with Crippen LogP contribution in [-0.4, -0.2) is 41.0 Å². The molecule has 2 atom stereocenters. The van der Waals surface area contributed by atoms with Crippen molar-refractivity contribution in [1.29, 1.82) is 0 Å². The molecule has 172 valence electrons. The second kappa shape index (κ2) is 8.44. The molecular formula is C25H29N5O3. The molecule has 0 aliphatic carbocycles. The van der Waals surface area contributed by atoms with E-state index in [-0.39, 0.29) is 12.1 Å². The molecule has 0 radical (unpaired) electrons. The number of nitrogens with one attached hydrogen (secondary N) is 1. The lowest BCUT2D eigenvalue weighted by molar-refractivity contribution is 0.139. The number of benzene rings is 2. The SMILES string of the molecule is COc1cc2nc(C)nc(NC(C)c3cn(C)c4cccc(N)c34)c2cc1OC1CCOC1. The predicted molar refractivity (Wildman–Crippen MR) is 130 cm³/mol. The number of nitrogens with zero attached hydrogens (tertiary/aromatic N) is 3. The fourth-order valence-corrected chi connectivity index (χ4v) is 4.52. The average molecular weight is 448 g/mol. The second-order valence-electron chi connectivity index (χ2n) is 8.55. The van der Waals surface area contributed by atoms with E-state index >= 15 is 0 Å². The van der Waals surface area contributed by atoms with Crippen molar-refractivity contribution >= 4 is 33.3 Å². The van der Waals surface area contributed by atoms with Crippen molar-refractivity contribution in [2.75, 3.05) is 31.4 Å². The molecule has 0 amide bonds. The summed E-state index contributed by atoms with van der Waals surface area (Å²) >= 11 is 0. The molecule has 3 N–H and O–H groups in total. The minimum Gasteiger partial charge on any atom is -0.493 e. The van der Waals surface area contributed by atoms with Gasteiger partial charge in [0.05, 0.1) is 37.4 Å². The second-order valence-corrected chi connectivity index (χ2v) is 8.55. The number of rotatable bonds is 6. The molecule has 1 fully saturated rings. The minimum atomic E-state index is -0.0365. The molecule has 0 spiro atoms. The number of fused-ring (bicyclic) bond motifs is 2. The molecule has 4 aromatic rings. The maximum absolute atomic E-state index is 6.34.